The average Bonchev–Trinajstić information content (AvgIpc) is 2.76. The lowest BCUT2D eigenvalue weighted by molar-refractivity contribution is -0.127. The third kappa shape index (κ3) is 4.47. The maximum Gasteiger partial charge on any atom is 0.239 e. The zero-order chi connectivity index (χ0) is 21.1. The molecule has 1 unspecified atom stereocenters. The van der Waals surface area contributed by atoms with E-state index >= 15 is 0 Å². The van der Waals surface area contributed by atoms with Crippen molar-refractivity contribution in [3.05, 3.63) is 53.6 Å². The summed E-state index contributed by atoms with van der Waals surface area (Å²) in [4.78, 5) is 25.9. The predicted molar refractivity (Wildman–Crippen MR) is 116 cm³/mol. The van der Waals surface area contributed by atoms with Crippen LogP contribution in [0.3, 0.4) is 0 Å². The van der Waals surface area contributed by atoms with E-state index in [2.05, 4.69) is 23.5 Å². The Morgan fingerprint density at radius 2 is 1.90 bits per heavy atom. The lowest BCUT2D eigenvalue weighted by atomic mass is 10.0. The molecule has 2 heterocycles. The third-order valence-corrected chi connectivity index (χ3v) is 6.72. The van der Waals surface area contributed by atoms with Gasteiger partial charge in [0.15, 0.2) is 11.5 Å². The van der Waals surface area contributed by atoms with Gasteiger partial charge in [-0.1, -0.05) is 30.3 Å². The van der Waals surface area contributed by atoms with Crippen LogP contribution >= 0.6 is 11.9 Å². The molecular formula is C23H26N2O4S. The van der Waals surface area contributed by atoms with Crippen LogP contribution in [0.2, 0.25) is 0 Å². The van der Waals surface area contributed by atoms with Gasteiger partial charge >= 0.3 is 0 Å². The number of carbonyl (C=O) groups is 2. The van der Waals surface area contributed by atoms with Crippen LogP contribution < -0.4 is 14.8 Å². The van der Waals surface area contributed by atoms with Gasteiger partial charge in [0.25, 0.3) is 0 Å². The molecule has 0 radical (unpaired) electrons. The third-order valence-electron chi connectivity index (χ3n) is 5.25. The molecule has 0 fully saturated rings. The van der Waals surface area contributed by atoms with Gasteiger partial charge in [0.05, 0.1) is 6.04 Å². The molecule has 1 N–H and O–H groups in total. The van der Waals surface area contributed by atoms with Crippen molar-refractivity contribution in [2.24, 2.45) is 0 Å². The van der Waals surface area contributed by atoms with Crippen molar-refractivity contribution >= 4 is 24.1 Å². The molecule has 0 bridgehead atoms. The first-order valence-electron chi connectivity index (χ1n) is 10.2. The van der Waals surface area contributed by atoms with Crippen molar-refractivity contribution in [2.75, 3.05) is 13.2 Å². The highest BCUT2D eigenvalue weighted by molar-refractivity contribution is 7.97. The molecule has 1 amide bonds. The zero-order valence-corrected chi connectivity index (χ0v) is 18.0. The minimum atomic E-state index is -0.555. The van der Waals surface area contributed by atoms with Gasteiger partial charge in [-0.25, -0.2) is 4.31 Å². The van der Waals surface area contributed by atoms with Gasteiger partial charge in [0.2, 0.25) is 5.91 Å². The monoisotopic (exact) mass is 426 g/mol. The number of hydrogen-bond acceptors (Lipinski definition) is 6. The number of fused-ring (bicyclic) bond motifs is 2. The maximum absolute atomic E-state index is 13.2. The SMILES string of the molecule is CC(C)N1Sc2cc3c(cc2CC1C(=O)N[C@H](C=O)Cc1ccccc1)OCCO3. The number of ether oxygens (including phenoxy) is 2. The van der Waals surface area contributed by atoms with Gasteiger partial charge < -0.3 is 19.6 Å². The molecule has 0 aliphatic carbocycles. The fraction of sp³-hybridized carbons (Fsp3) is 0.391. The van der Waals surface area contributed by atoms with Crippen molar-refractivity contribution in [2.45, 2.75) is 49.7 Å². The number of amides is 1. The lowest BCUT2D eigenvalue weighted by Crippen LogP contribution is -2.52. The minimum absolute atomic E-state index is 0.134. The van der Waals surface area contributed by atoms with Gasteiger partial charge in [-0.05, 0) is 61.9 Å². The summed E-state index contributed by atoms with van der Waals surface area (Å²) in [6.45, 7) is 5.21. The second kappa shape index (κ2) is 9.10. The number of hydrogen-bond donors (Lipinski definition) is 1. The van der Waals surface area contributed by atoms with E-state index in [1.54, 1.807) is 11.9 Å². The molecule has 7 heteroatoms. The van der Waals surface area contributed by atoms with E-state index in [0.29, 0.717) is 26.1 Å². The van der Waals surface area contributed by atoms with Crippen LogP contribution in [0.1, 0.15) is 25.0 Å². The molecule has 0 saturated heterocycles. The molecule has 0 saturated carbocycles. The minimum Gasteiger partial charge on any atom is -0.486 e. The largest absolute Gasteiger partial charge is 0.486 e. The molecule has 0 aromatic heterocycles. The van der Waals surface area contributed by atoms with Crippen molar-refractivity contribution in [3.63, 3.8) is 0 Å². The van der Waals surface area contributed by atoms with E-state index in [0.717, 1.165) is 33.8 Å². The molecule has 30 heavy (non-hydrogen) atoms. The van der Waals surface area contributed by atoms with Crippen molar-refractivity contribution < 1.29 is 19.1 Å². The quantitative estimate of drug-likeness (QED) is 0.566. The van der Waals surface area contributed by atoms with Gasteiger partial charge in [0.1, 0.15) is 25.5 Å². The molecule has 2 aliphatic rings. The Morgan fingerprint density at radius 1 is 1.20 bits per heavy atom. The van der Waals surface area contributed by atoms with Gasteiger partial charge in [-0.2, -0.15) is 0 Å². The molecular weight excluding hydrogens is 400 g/mol. The fourth-order valence-electron chi connectivity index (χ4n) is 3.79. The Balaban J connectivity index is 1.52. The van der Waals surface area contributed by atoms with Crippen molar-refractivity contribution in [3.8, 4) is 11.5 Å². The van der Waals surface area contributed by atoms with Crippen LogP contribution in [0, 0.1) is 0 Å². The van der Waals surface area contributed by atoms with Crippen LogP contribution in [0.5, 0.6) is 11.5 Å². The molecule has 2 aromatic rings. The standard InChI is InChI=1S/C23H26N2O4S/c1-15(2)25-19(23(27)24-18(14-26)10-16-6-4-3-5-7-16)11-17-12-20-21(13-22(17)30-25)29-9-8-28-20/h3-7,12-15,18-19H,8-11H2,1-2H3,(H,24,27)/t18-,19?/m0/s1. The number of aldehydes is 1. The molecule has 158 valence electrons. The van der Waals surface area contributed by atoms with Gasteiger partial charge in [-0.3, -0.25) is 4.79 Å². The van der Waals surface area contributed by atoms with E-state index < -0.39 is 6.04 Å². The normalized spacial score (nSPS) is 19.1. The van der Waals surface area contributed by atoms with Crippen LogP contribution in [-0.2, 0) is 22.4 Å². The Labute approximate surface area is 181 Å². The Kier molecular flexibility index (Phi) is 6.29. The predicted octanol–water partition coefficient (Wildman–Crippen LogP) is 3.03. The van der Waals surface area contributed by atoms with Crippen LogP contribution in [0.4, 0.5) is 0 Å². The highest BCUT2D eigenvalue weighted by atomic mass is 32.2. The Bertz CT molecular complexity index is 919. The average molecular weight is 427 g/mol. The molecule has 2 aliphatic heterocycles. The topological polar surface area (TPSA) is 67.9 Å². The molecule has 4 rings (SSSR count). The molecule has 0 spiro atoms. The van der Waals surface area contributed by atoms with E-state index in [4.69, 9.17) is 9.47 Å². The highest BCUT2D eigenvalue weighted by Gasteiger charge is 2.36. The summed E-state index contributed by atoms with van der Waals surface area (Å²) in [5, 5.41) is 2.94. The van der Waals surface area contributed by atoms with Gasteiger partial charge in [-0.15, -0.1) is 0 Å². The first-order valence-corrected chi connectivity index (χ1v) is 11.0. The molecule has 2 atom stereocenters. The van der Waals surface area contributed by atoms with Crippen LogP contribution in [0.15, 0.2) is 47.4 Å². The van der Waals surface area contributed by atoms with Crippen molar-refractivity contribution in [1.82, 2.24) is 9.62 Å². The summed E-state index contributed by atoms with van der Waals surface area (Å²) in [6.07, 6.45) is 1.85. The Hall–Kier alpha value is -2.51. The zero-order valence-electron chi connectivity index (χ0n) is 17.2. The fourth-order valence-corrected chi connectivity index (χ4v) is 4.94. The smallest absolute Gasteiger partial charge is 0.239 e. The summed E-state index contributed by atoms with van der Waals surface area (Å²) >= 11 is 1.56. The molecule has 6 nitrogen and oxygen atoms in total. The van der Waals surface area contributed by atoms with E-state index in [9.17, 15) is 9.59 Å². The lowest BCUT2D eigenvalue weighted by Gasteiger charge is -2.38. The first kappa shape index (κ1) is 20.8. The maximum atomic E-state index is 13.2. The first-order chi connectivity index (χ1) is 14.5. The summed E-state index contributed by atoms with van der Waals surface area (Å²) in [5.41, 5.74) is 2.08. The number of benzene rings is 2. The van der Waals surface area contributed by atoms with E-state index in [1.807, 2.05) is 42.5 Å². The van der Waals surface area contributed by atoms with E-state index in [1.165, 1.54) is 0 Å². The highest BCUT2D eigenvalue weighted by Crippen LogP contribution is 2.43. The second-order valence-electron chi connectivity index (χ2n) is 7.81. The van der Waals surface area contributed by atoms with Crippen molar-refractivity contribution in [1.29, 1.82) is 0 Å². The summed E-state index contributed by atoms with van der Waals surface area (Å²) in [6, 6.07) is 12.9. The van der Waals surface area contributed by atoms with Crippen LogP contribution in [-0.4, -0.2) is 47.8 Å². The van der Waals surface area contributed by atoms with Crippen LogP contribution in [0.25, 0.3) is 0 Å². The number of rotatable bonds is 6. The summed E-state index contributed by atoms with van der Waals surface area (Å²) < 4.78 is 13.5. The summed E-state index contributed by atoms with van der Waals surface area (Å²) in [7, 11) is 0. The number of nitrogens with zero attached hydrogens (tertiary/aromatic N) is 1. The number of nitrogens with one attached hydrogen (secondary N) is 1. The van der Waals surface area contributed by atoms with Gasteiger partial charge in [0, 0.05) is 10.9 Å². The molecule has 2 aromatic carbocycles. The second-order valence-corrected chi connectivity index (χ2v) is 8.85. The Morgan fingerprint density at radius 3 is 2.57 bits per heavy atom. The van der Waals surface area contributed by atoms with E-state index in [-0.39, 0.29) is 18.0 Å². The number of carbonyl (C=O) groups excluding carboxylic acids is 2. The summed E-state index contributed by atoms with van der Waals surface area (Å²) in [5.74, 6) is 1.35.